The number of ether oxygens (including phenoxy) is 4. The van der Waals surface area contributed by atoms with Crippen LogP contribution in [0.4, 0.5) is 0 Å². The van der Waals surface area contributed by atoms with Gasteiger partial charge in [0.25, 0.3) is 0 Å². The monoisotopic (exact) mass is 529 g/mol. The average Bonchev–Trinajstić information content (AvgIpc) is 3.57. The fourth-order valence-corrected chi connectivity index (χ4v) is 7.52. The molecule has 35 heavy (non-hydrogen) atoms. The van der Waals surface area contributed by atoms with Crippen LogP contribution in [0, 0.1) is 11.8 Å². The van der Waals surface area contributed by atoms with Crippen LogP contribution in [0.2, 0.25) is 0 Å². The van der Waals surface area contributed by atoms with E-state index in [2.05, 4.69) is 21.7 Å². The molecule has 1 aromatic heterocycles. The van der Waals surface area contributed by atoms with E-state index < -0.39 is 0 Å². The summed E-state index contributed by atoms with van der Waals surface area (Å²) in [6, 6.07) is 0. The third-order valence-corrected chi connectivity index (χ3v) is 9.56. The van der Waals surface area contributed by atoms with Gasteiger partial charge >= 0.3 is 11.9 Å². The predicted octanol–water partition coefficient (Wildman–Crippen LogP) is 3.34. The van der Waals surface area contributed by atoms with Gasteiger partial charge in [0, 0.05) is 29.8 Å². The number of aryl methyl sites for hydroxylation is 1. The molecular formula is C25H41N2O6S2+. The maximum absolute atomic E-state index is 11.8. The quantitative estimate of drug-likeness (QED) is 0.132. The number of cyclic esters (lactones) is 1. The van der Waals surface area contributed by atoms with Crippen molar-refractivity contribution in [3.63, 3.8) is 0 Å². The van der Waals surface area contributed by atoms with Gasteiger partial charge in [-0.15, -0.1) is 0 Å². The minimum absolute atomic E-state index is 0.00930. The minimum atomic E-state index is -0.130. The molecule has 1 aromatic rings. The molecule has 2 fully saturated rings. The zero-order valence-corrected chi connectivity index (χ0v) is 22.8. The highest BCUT2D eigenvalue weighted by molar-refractivity contribution is 8.77. The summed E-state index contributed by atoms with van der Waals surface area (Å²) < 4.78 is 25.9. The number of hydrogen-bond donors (Lipinski definition) is 0. The van der Waals surface area contributed by atoms with Gasteiger partial charge in [-0.3, -0.25) is 9.59 Å². The summed E-state index contributed by atoms with van der Waals surface area (Å²) in [5.41, 5.74) is 1.19. The third-order valence-electron chi connectivity index (χ3n) is 6.55. The highest BCUT2D eigenvalue weighted by atomic mass is 33.1. The second kappa shape index (κ2) is 15.8. The van der Waals surface area contributed by atoms with Gasteiger partial charge in [0.05, 0.1) is 46.0 Å². The van der Waals surface area contributed by atoms with Gasteiger partial charge in [0.15, 0.2) is 0 Å². The molecule has 8 nitrogen and oxygen atoms in total. The Hall–Kier alpha value is -1.23. The Morgan fingerprint density at radius 2 is 2.00 bits per heavy atom. The van der Waals surface area contributed by atoms with Crippen LogP contribution < -0.4 is 4.57 Å². The van der Waals surface area contributed by atoms with E-state index in [9.17, 15) is 9.59 Å². The molecular weight excluding hydrogens is 488 g/mol. The lowest BCUT2D eigenvalue weighted by Crippen LogP contribution is -2.34. The molecule has 2 aliphatic rings. The van der Waals surface area contributed by atoms with Gasteiger partial charge in [-0.25, -0.2) is 9.13 Å². The first-order valence-electron chi connectivity index (χ1n) is 12.9. The maximum Gasteiger partial charge on any atom is 0.309 e. The number of hydrogen-bond acceptors (Lipinski definition) is 8. The third kappa shape index (κ3) is 9.98. The molecule has 0 amide bonds. The van der Waals surface area contributed by atoms with E-state index in [1.54, 1.807) is 0 Å². The van der Waals surface area contributed by atoms with Crippen LogP contribution in [-0.4, -0.2) is 67.1 Å². The van der Waals surface area contributed by atoms with E-state index >= 15 is 0 Å². The molecule has 0 N–H and O–H groups in total. The number of carbonyl (C=O) groups excluding carboxylic acids is 2. The van der Waals surface area contributed by atoms with E-state index in [-0.39, 0.29) is 23.8 Å². The van der Waals surface area contributed by atoms with Crippen LogP contribution in [0.25, 0.3) is 0 Å². The Bertz CT molecular complexity index is 784. The molecule has 0 bridgehead atoms. The lowest BCUT2D eigenvalue weighted by atomic mass is 9.89. The highest BCUT2D eigenvalue weighted by Gasteiger charge is 2.36. The fraction of sp³-hybridized carbons (Fsp3) is 0.800. The molecule has 10 heteroatoms. The SMILES string of the molecule is CC[C@@H]1C(=O)OC[C@@H]1Cc1c[n+](CCOCCOCCOC(=O)CCCC[C@@H]2CCSS2)cn1C. The van der Waals surface area contributed by atoms with E-state index in [4.69, 9.17) is 18.9 Å². The van der Waals surface area contributed by atoms with Crippen LogP contribution in [0.5, 0.6) is 0 Å². The van der Waals surface area contributed by atoms with Gasteiger partial charge in [-0.2, -0.15) is 0 Å². The zero-order chi connectivity index (χ0) is 24.9. The Labute approximate surface area is 217 Å². The van der Waals surface area contributed by atoms with E-state index in [1.165, 1.54) is 24.3 Å². The number of aromatic nitrogens is 2. The second-order valence-electron chi connectivity index (χ2n) is 9.21. The maximum atomic E-state index is 11.8. The number of nitrogens with zero attached hydrogens (tertiary/aromatic N) is 2. The standard InChI is InChI=1S/C25H41N2O6S2/c1-3-23-20(18-33-25(23)29)16-21-17-27(19-26(21)2)9-10-30-11-12-31-13-14-32-24(28)7-5-4-6-22-8-15-34-35-22/h17,19-20,22-23H,3-16,18H2,1-2H3/q+1/t20-,22+,23-/m0/s1. The van der Waals surface area contributed by atoms with Crippen molar-refractivity contribution in [2.75, 3.05) is 45.4 Å². The summed E-state index contributed by atoms with van der Waals surface area (Å²) in [6.07, 6.45) is 10.8. The topological polar surface area (TPSA) is 79.9 Å². The van der Waals surface area contributed by atoms with Crippen LogP contribution in [0.1, 0.15) is 51.1 Å². The molecule has 0 unspecified atom stereocenters. The molecule has 2 aliphatic heterocycles. The first kappa shape index (κ1) is 28.3. The van der Waals surface area contributed by atoms with Crippen molar-refractivity contribution in [1.82, 2.24) is 4.57 Å². The smallest absolute Gasteiger partial charge is 0.309 e. The first-order chi connectivity index (χ1) is 17.1. The Balaban J connectivity index is 1.15. The van der Waals surface area contributed by atoms with Crippen molar-refractivity contribution in [3.05, 3.63) is 18.2 Å². The Kier molecular flexibility index (Phi) is 12.8. The van der Waals surface area contributed by atoms with Crippen molar-refractivity contribution >= 4 is 33.5 Å². The number of unbranched alkanes of at least 4 members (excludes halogenated alkanes) is 1. The second-order valence-corrected chi connectivity index (χ2v) is 12.0. The predicted molar refractivity (Wildman–Crippen MR) is 137 cm³/mol. The fourth-order valence-electron chi connectivity index (χ4n) is 4.49. The number of imidazole rings is 1. The number of rotatable bonds is 17. The summed E-state index contributed by atoms with van der Waals surface area (Å²) in [4.78, 5) is 23.6. The Morgan fingerprint density at radius 1 is 1.20 bits per heavy atom. The zero-order valence-electron chi connectivity index (χ0n) is 21.2. The molecule has 198 valence electrons. The van der Waals surface area contributed by atoms with Crippen molar-refractivity contribution in [3.8, 4) is 0 Å². The van der Waals surface area contributed by atoms with Gasteiger partial charge in [0.1, 0.15) is 25.0 Å². The highest BCUT2D eigenvalue weighted by Crippen LogP contribution is 2.39. The van der Waals surface area contributed by atoms with E-state index in [0.717, 1.165) is 37.5 Å². The van der Waals surface area contributed by atoms with Crippen LogP contribution >= 0.6 is 21.6 Å². The molecule has 0 aliphatic carbocycles. The lowest BCUT2D eigenvalue weighted by molar-refractivity contribution is -0.698. The molecule has 0 spiro atoms. The van der Waals surface area contributed by atoms with Crippen molar-refractivity contribution in [1.29, 1.82) is 0 Å². The van der Waals surface area contributed by atoms with Crippen molar-refractivity contribution in [2.24, 2.45) is 18.9 Å². The van der Waals surface area contributed by atoms with Crippen LogP contribution in [0.15, 0.2) is 12.5 Å². The number of esters is 2. The normalized spacial score (nSPS) is 22.0. The van der Waals surface area contributed by atoms with Gasteiger partial charge in [-0.05, 0) is 25.7 Å². The van der Waals surface area contributed by atoms with E-state index in [1.807, 2.05) is 35.6 Å². The molecule has 0 radical (unpaired) electrons. The van der Waals surface area contributed by atoms with Crippen LogP contribution in [0.3, 0.4) is 0 Å². The molecule has 3 atom stereocenters. The summed E-state index contributed by atoms with van der Waals surface area (Å²) in [7, 11) is 5.98. The Morgan fingerprint density at radius 3 is 2.77 bits per heavy atom. The molecule has 3 heterocycles. The summed E-state index contributed by atoms with van der Waals surface area (Å²) >= 11 is 0. The molecule has 2 saturated heterocycles. The average molecular weight is 530 g/mol. The summed E-state index contributed by atoms with van der Waals surface area (Å²) in [6.45, 7) is 5.58. The molecule has 0 saturated carbocycles. The first-order valence-corrected chi connectivity index (χ1v) is 15.2. The van der Waals surface area contributed by atoms with Crippen molar-refractivity contribution < 1.29 is 33.1 Å². The van der Waals surface area contributed by atoms with E-state index in [0.29, 0.717) is 46.1 Å². The van der Waals surface area contributed by atoms with Crippen LogP contribution in [-0.2, 0) is 48.5 Å². The largest absolute Gasteiger partial charge is 0.465 e. The molecule has 3 rings (SSSR count). The minimum Gasteiger partial charge on any atom is -0.465 e. The number of carbonyl (C=O) groups is 2. The summed E-state index contributed by atoms with van der Waals surface area (Å²) in [5, 5.41) is 0.772. The lowest BCUT2D eigenvalue weighted by Gasteiger charge is -2.10. The van der Waals surface area contributed by atoms with Gasteiger partial charge in [-0.1, -0.05) is 34.9 Å². The van der Waals surface area contributed by atoms with Crippen molar-refractivity contribution in [2.45, 2.75) is 63.7 Å². The molecule has 0 aromatic carbocycles. The van der Waals surface area contributed by atoms with Gasteiger partial charge in [0.2, 0.25) is 6.33 Å². The van der Waals surface area contributed by atoms with Gasteiger partial charge < -0.3 is 18.9 Å². The summed E-state index contributed by atoms with van der Waals surface area (Å²) in [5.74, 6) is 1.33.